The molecule has 2 aromatic rings. The van der Waals surface area contributed by atoms with Crippen molar-refractivity contribution < 1.29 is 4.74 Å². The van der Waals surface area contributed by atoms with Gasteiger partial charge in [-0.05, 0) is 50.3 Å². The Bertz CT molecular complexity index is 750. The van der Waals surface area contributed by atoms with Gasteiger partial charge in [0.1, 0.15) is 5.75 Å². The second kappa shape index (κ2) is 8.67. The summed E-state index contributed by atoms with van der Waals surface area (Å²) in [6, 6.07) is 5.36. The van der Waals surface area contributed by atoms with Gasteiger partial charge in [0.15, 0.2) is 5.82 Å². The van der Waals surface area contributed by atoms with Gasteiger partial charge < -0.3 is 15.4 Å². The topological polar surface area (TPSA) is 72.0 Å². The van der Waals surface area contributed by atoms with Crippen molar-refractivity contribution in [3.05, 3.63) is 41.1 Å². The van der Waals surface area contributed by atoms with Gasteiger partial charge in [-0.2, -0.15) is 10.1 Å². The first kappa shape index (κ1) is 17.5. The maximum Gasteiger partial charge on any atom is 0.244 e. The largest absolute Gasteiger partial charge is 0.495 e. The summed E-state index contributed by atoms with van der Waals surface area (Å²) >= 11 is 6.05. The highest BCUT2D eigenvalue weighted by Gasteiger charge is 2.07. The molecule has 1 aromatic carbocycles. The normalized spacial score (nSPS) is 13.9. The molecular formula is C18H22ClN5O. The minimum absolute atomic E-state index is 0.502. The molecule has 0 aliphatic heterocycles. The van der Waals surface area contributed by atoms with E-state index in [0.29, 0.717) is 22.5 Å². The van der Waals surface area contributed by atoms with Crippen molar-refractivity contribution in [2.75, 3.05) is 24.3 Å². The van der Waals surface area contributed by atoms with E-state index in [1.54, 1.807) is 31.5 Å². The number of nitrogens with zero attached hydrogens (tertiary/aromatic N) is 3. The molecular weight excluding hydrogens is 338 g/mol. The predicted molar refractivity (Wildman–Crippen MR) is 101 cm³/mol. The highest BCUT2D eigenvalue weighted by Crippen LogP contribution is 2.29. The fraction of sp³-hybridized carbons (Fsp3) is 0.389. The van der Waals surface area contributed by atoms with Gasteiger partial charge in [0.25, 0.3) is 0 Å². The molecule has 0 unspecified atom stereocenters. The second-order valence-electron chi connectivity index (χ2n) is 5.92. The van der Waals surface area contributed by atoms with Crippen LogP contribution in [0, 0.1) is 0 Å². The molecule has 0 fully saturated rings. The number of hydrogen-bond acceptors (Lipinski definition) is 6. The molecule has 6 nitrogen and oxygen atoms in total. The van der Waals surface area contributed by atoms with Crippen LogP contribution in [-0.2, 0) is 0 Å². The third kappa shape index (κ3) is 5.06. The summed E-state index contributed by atoms with van der Waals surface area (Å²) in [6.07, 6.45) is 9.95. The Hall–Kier alpha value is -2.34. The van der Waals surface area contributed by atoms with Crippen molar-refractivity contribution in [1.82, 2.24) is 15.2 Å². The number of rotatable bonds is 7. The average molecular weight is 360 g/mol. The Kier molecular flexibility index (Phi) is 6.06. The standard InChI is InChI=1S/C18H22ClN5O/c1-25-16-8-7-14(19)11-15(16)22-17-12-21-24-18(23-17)20-10-9-13-5-3-2-4-6-13/h5,7-8,11-12H,2-4,6,9-10H2,1H3,(H2,20,22,23,24). The first-order valence-corrected chi connectivity index (χ1v) is 8.84. The van der Waals surface area contributed by atoms with Gasteiger partial charge in [0.05, 0.1) is 19.0 Å². The smallest absolute Gasteiger partial charge is 0.244 e. The van der Waals surface area contributed by atoms with Gasteiger partial charge in [-0.15, -0.1) is 5.10 Å². The zero-order chi connectivity index (χ0) is 17.5. The monoisotopic (exact) mass is 359 g/mol. The van der Waals surface area contributed by atoms with E-state index in [1.165, 1.54) is 31.3 Å². The Morgan fingerprint density at radius 2 is 2.20 bits per heavy atom. The van der Waals surface area contributed by atoms with E-state index in [4.69, 9.17) is 16.3 Å². The van der Waals surface area contributed by atoms with E-state index >= 15 is 0 Å². The van der Waals surface area contributed by atoms with E-state index in [1.807, 2.05) is 0 Å². The molecule has 0 atom stereocenters. The Labute approximate surface area is 152 Å². The van der Waals surface area contributed by atoms with Crippen molar-refractivity contribution in [2.45, 2.75) is 32.1 Å². The molecule has 0 bridgehead atoms. The number of ether oxygens (including phenoxy) is 1. The lowest BCUT2D eigenvalue weighted by molar-refractivity contribution is 0.417. The van der Waals surface area contributed by atoms with Crippen molar-refractivity contribution in [3.63, 3.8) is 0 Å². The molecule has 0 saturated carbocycles. The van der Waals surface area contributed by atoms with Crippen LogP contribution in [0.25, 0.3) is 0 Å². The number of aromatic nitrogens is 3. The average Bonchev–Trinajstić information content (AvgIpc) is 2.63. The van der Waals surface area contributed by atoms with Crippen LogP contribution in [-0.4, -0.2) is 28.8 Å². The van der Waals surface area contributed by atoms with E-state index in [2.05, 4.69) is 31.9 Å². The van der Waals surface area contributed by atoms with Gasteiger partial charge in [-0.25, -0.2) is 0 Å². The number of methoxy groups -OCH3 is 1. The summed E-state index contributed by atoms with van der Waals surface area (Å²) in [5.41, 5.74) is 2.25. The van der Waals surface area contributed by atoms with Crippen molar-refractivity contribution in [3.8, 4) is 5.75 Å². The van der Waals surface area contributed by atoms with Crippen LogP contribution >= 0.6 is 11.6 Å². The SMILES string of the molecule is COc1ccc(Cl)cc1Nc1cnnc(NCCC2=CCCCC2)n1. The molecule has 2 N–H and O–H groups in total. The number of anilines is 3. The lowest BCUT2D eigenvalue weighted by atomic mass is 9.97. The Morgan fingerprint density at radius 1 is 1.28 bits per heavy atom. The van der Waals surface area contributed by atoms with E-state index in [0.717, 1.165) is 18.7 Å². The maximum absolute atomic E-state index is 6.05. The van der Waals surface area contributed by atoms with Gasteiger partial charge in [0, 0.05) is 11.6 Å². The Balaban J connectivity index is 1.61. The minimum atomic E-state index is 0.502. The summed E-state index contributed by atoms with van der Waals surface area (Å²) in [5, 5.41) is 15.1. The quantitative estimate of drug-likeness (QED) is 0.705. The second-order valence-corrected chi connectivity index (χ2v) is 6.36. The number of hydrogen-bond donors (Lipinski definition) is 2. The molecule has 0 radical (unpaired) electrons. The van der Waals surface area contributed by atoms with E-state index in [-0.39, 0.29) is 0 Å². The fourth-order valence-corrected chi connectivity index (χ4v) is 2.99. The van der Waals surface area contributed by atoms with Crippen LogP contribution in [0.4, 0.5) is 17.5 Å². The summed E-state index contributed by atoms with van der Waals surface area (Å²) in [5.74, 6) is 1.76. The molecule has 0 amide bonds. The number of allylic oxidation sites excluding steroid dienone is 1. The number of benzene rings is 1. The van der Waals surface area contributed by atoms with E-state index in [9.17, 15) is 0 Å². The van der Waals surface area contributed by atoms with Crippen LogP contribution in [0.15, 0.2) is 36.0 Å². The van der Waals surface area contributed by atoms with Crippen molar-refractivity contribution in [1.29, 1.82) is 0 Å². The highest BCUT2D eigenvalue weighted by molar-refractivity contribution is 6.31. The first-order chi connectivity index (χ1) is 12.2. The molecule has 1 aliphatic carbocycles. The molecule has 132 valence electrons. The van der Waals surface area contributed by atoms with Crippen LogP contribution in [0.5, 0.6) is 5.75 Å². The molecule has 1 aromatic heterocycles. The van der Waals surface area contributed by atoms with Crippen LogP contribution < -0.4 is 15.4 Å². The summed E-state index contributed by atoms with van der Waals surface area (Å²) in [4.78, 5) is 4.44. The van der Waals surface area contributed by atoms with Crippen LogP contribution in [0.3, 0.4) is 0 Å². The lowest BCUT2D eigenvalue weighted by Crippen LogP contribution is -2.09. The van der Waals surface area contributed by atoms with Crippen LogP contribution in [0.2, 0.25) is 5.02 Å². The molecule has 25 heavy (non-hydrogen) atoms. The van der Waals surface area contributed by atoms with Crippen LogP contribution in [0.1, 0.15) is 32.1 Å². The molecule has 7 heteroatoms. The molecule has 1 heterocycles. The zero-order valence-corrected chi connectivity index (χ0v) is 15.0. The highest BCUT2D eigenvalue weighted by atomic mass is 35.5. The molecule has 0 saturated heterocycles. The fourth-order valence-electron chi connectivity index (χ4n) is 2.82. The zero-order valence-electron chi connectivity index (χ0n) is 14.3. The van der Waals surface area contributed by atoms with Crippen molar-refractivity contribution in [2.24, 2.45) is 0 Å². The predicted octanol–water partition coefficient (Wildman–Crippen LogP) is 4.58. The summed E-state index contributed by atoms with van der Waals surface area (Å²) in [7, 11) is 1.61. The van der Waals surface area contributed by atoms with Gasteiger partial charge in [-0.3, -0.25) is 0 Å². The summed E-state index contributed by atoms with van der Waals surface area (Å²) < 4.78 is 5.33. The number of nitrogens with one attached hydrogen (secondary N) is 2. The van der Waals surface area contributed by atoms with E-state index < -0.39 is 0 Å². The third-order valence-electron chi connectivity index (χ3n) is 4.10. The molecule has 0 spiro atoms. The van der Waals surface area contributed by atoms with Gasteiger partial charge in [-0.1, -0.05) is 23.3 Å². The molecule has 1 aliphatic rings. The maximum atomic E-state index is 6.05. The van der Waals surface area contributed by atoms with Gasteiger partial charge >= 0.3 is 0 Å². The lowest BCUT2D eigenvalue weighted by Gasteiger charge is -2.13. The Morgan fingerprint density at radius 3 is 3.00 bits per heavy atom. The van der Waals surface area contributed by atoms with Gasteiger partial charge in [0.2, 0.25) is 5.95 Å². The first-order valence-electron chi connectivity index (χ1n) is 8.46. The summed E-state index contributed by atoms with van der Waals surface area (Å²) in [6.45, 7) is 0.803. The third-order valence-corrected chi connectivity index (χ3v) is 4.33. The number of halogens is 1. The van der Waals surface area contributed by atoms with Crippen molar-refractivity contribution >= 4 is 29.1 Å². The minimum Gasteiger partial charge on any atom is -0.495 e. The molecule has 3 rings (SSSR count).